The van der Waals surface area contributed by atoms with Crippen molar-refractivity contribution in [2.75, 3.05) is 12.1 Å². The lowest BCUT2D eigenvalue weighted by Crippen LogP contribution is -2.14. The molecule has 1 aliphatic rings. The molecule has 0 fully saturated rings. The SMILES string of the molecule is Cc1oc(-n2cccc2)c(C#N)c1C(=O)Nc1cc2c(cc1Cl)OCO2. The van der Waals surface area contributed by atoms with Crippen LogP contribution in [0.1, 0.15) is 21.7 Å². The van der Waals surface area contributed by atoms with E-state index in [1.807, 2.05) is 6.07 Å². The first-order valence-electron chi connectivity index (χ1n) is 7.66. The molecule has 0 radical (unpaired) electrons. The van der Waals surface area contributed by atoms with Crippen LogP contribution >= 0.6 is 11.6 Å². The van der Waals surface area contributed by atoms with Gasteiger partial charge in [0.25, 0.3) is 5.91 Å². The number of hydrogen-bond acceptors (Lipinski definition) is 5. The number of fused-ring (bicyclic) bond motifs is 1. The summed E-state index contributed by atoms with van der Waals surface area (Å²) >= 11 is 6.20. The zero-order valence-corrected chi connectivity index (χ0v) is 14.3. The van der Waals surface area contributed by atoms with Crippen LogP contribution in [0.4, 0.5) is 5.69 Å². The number of furan rings is 1. The molecule has 8 heteroatoms. The highest BCUT2D eigenvalue weighted by Gasteiger charge is 2.26. The van der Waals surface area contributed by atoms with Gasteiger partial charge in [-0.25, -0.2) is 0 Å². The molecule has 2 aromatic heterocycles. The molecule has 1 aliphatic heterocycles. The molecule has 1 aromatic carbocycles. The van der Waals surface area contributed by atoms with E-state index < -0.39 is 5.91 Å². The monoisotopic (exact) mass is 369 g/mol. The van der Waals surface area contributed by atoms with Gasteiger partial charge in [-0.2, -0.15) is 5.26 Å². The van der Waals surface area contributed by atoms with E-state index in [-0.39, 0.29) is 23.8 Å². The van der Waals surface area contributed by atoms with Crippen LogP contribution in [0.25, 0.3) is 5.88 Å². The highest BCUT2D eigenvalue weighted by molar-refractivity contribution is 6.34. The molecule has 0 unspecified atom stereocenters. The van der Waals surface area contributed by atoms with Crippen molar-refractivity contribution in [2.45, 2.75) is 6.92 Å². The van der Waals surface area contributed by atoms with Crippen molar-refractivity contribution >= 4 is 23.2 Å². The van der Waals surface area contributed by atoms with Gasteiger partial charge in [0.1, 0.15) is 23.0 Å². The number of halogens is 1. The average molecular weight is 370 g/mol. The highest BCUT2D eigenvalue weighted by Crippen LogP contribution is 2.39. The third kappa shape index (κ3) is 2.57. The van der Waals surface area contributed by atoms with Gasteiger partial charge in [0, 0.05) is 24.5 Å². The Kier molecular flexibility index (Phi) is 3.82. The molecule has 0 spiro atoms. The van der Waals surface area contributed by atoms with Crippen molar-refractivity contribution in [1.82, 2.24) is 4.57 Å². The predicted octanol–water partition coefficient (Wildman–Crippen LogP) is 3.88. The molecule has 0 bridgehead atoms. The Morgan fingerprint density at radius 2 is 1.96 bits per heavy atom. The van der Waals surface area contributed by atoms with Crippen molar-refractivity contribution in [2.24, 2.45) is 0 Å². The third-order valence-corrected chi connectivity index (χ3v) is 4.27. The number of ether oxygens (including phenoxy) is 2. The Balaban J connectivity index is 1.71. The van der Waals surface area contributed by atoms with E-state index in [4.69, 9.17) is 25.5 Å². The standard InChI is InChI=1S/C18H12ClN3O4/c1-10-16(11(8-20)18(26-10)22-4-2-3-5-22)17(23)21-13-7-15-14(6-12(13)19)24-9-25-15/h2-7H,9H2,1H3,(H,21,23). The molecule has 1 N–H and O–H groups in total. The van der Waals surface area contributed by atoms with Gasteiger partial charge in [-0.05, 0) is 19.1 Å². The lowest BCUT2D eigenvalue weighted by Gasteiger charge is -2.08. The predicted molar refractivity (Wildman–Crippen MR) is 93.0 cm³/mol. The van der Waals surface area contributed by atoms with Gasteiger partial charge in [0.15, 0.2) is 11.5 Å². The van der Waals surface area contributed by atoms with Crippen LogP contribution < -0.4 is 14.8 Å². The maximum absolute atomic E-state index is 12.8. The summed E-state index contributed by atoms with van der Waals surface area (Å²) in [5, 5.41) is 12.5. The van der Waals surface area contributed by atoms with E-state index in [1.54, 1.807) is 48.1 Å². The number of anilines is 1. The Morgan fingerprint density at radius 1 is 1.27 bits per heavy atom. The molecule has 3 aromatic rings. The normalized spacial score (nSPS) is 12.0. The minimum absolute atomic E-state index is 0.0999. The van der Waals surface area contributed by atoms with Crippen molar-refractivity contribution < 1.29 is 18.7 Å². The summed E-state index contributed by atoms with van der Waals surface area (Å²) in [7, 11) is 0. The van der Waals surface area contributed by atoms with Crippen molar-refractivity contribution in [1.29, 1.82) is 5.26 Å². The van der Waals surface area contributed by atoms with E-state index in [9.17, 15) is 10.1 Å². The van der Waals surface area contributed by atoms with Gasteiger partial charge in [-0.1, -0.05) is 11.6 Å². The Bertz CT molecular complexity index is 1050. The van der Waals surface area contributed by atoms with E-state index in [1.165, 1.54) is 0 Å². The molecule has 0 atom stereocenters. The average Bonchev–Trinajstić information content (AvgIpc) is 3.33. The maximum Gasteiger partial charge on any atom is 0.260 e. The molecule has 4 rings (SSSR count). The zero-order valence-electron chi connectivity index (χ0n) is 13.6. The van der Waals surface area contributed by atoms with E-state index >= 15 is 0 Å². The van der Waals surface area contributed by atoms with Crippen LogP contribution in [0.2, 0.25) is 5.02 Å². The summed E-state index contributed by atoms with van der Waals surface area (Å²) < 4.78 is 17.8. The van der Waals surface area contributed by atoms with Gasteiger partial charge in [-0.3, -0.25) is 9.36 Å². The number of nitrogens with one attached hydrogen (secondary N) is 1. The molecular formula is C18H12ClN3O4. The topological polar surface area (TPSA) is 89.4 Å². The summed E-state index contributed by atoms with van der Waals surface area (Å²) in [5.74, 6) is 1.13. The molecular weight excluding hydrogens is 358 g/mol. The smallest absolute Gasteiger partial charge is 0.260 e. The summed E-state index contributed by atoms with van der Waals surface area (Å²) in [6, 6.07) is 8.78. The molecule has 26 heavy (non-hydrogen) atoms. The van der Waals surface area contributed by atoms with E-state index in [0.717, 1.165) is 0 Å². The maximum atomic E-state index is 12.8. The molecule has 0 aliphatic carbocycles. The van der Waals surface area contributed by atoms with Crippen molar-refractivity contribution in [3.05, 3.63) is 58.6 Å². The Hall–Kier alpha value is -3.37. The number of amides is 1. The van der Waals surface area contributed by atoms with Gasteiger partial charge in [0.2, 0.25) is 12.7 Å². The second-order valence-electron chi connectivity index (χ2n) is 5.55. The fourth-order valence-corrected chi connectivity index (χ4v) is 2.96. The number of rotatable bonds is 3. The number of nitrogens with zero attached hydrogens (tertiary/aromatic N) is 2. The van der Waals surface area contributed by atoms with Gasteiger partial charge in [-0.15, -0.1) is 0 Å². The number of aromatic nitrogens is 1. The molecule has 0 saturated heterocycles. The van der Waals surface area contributed by atoms with Crippen LogP contribution in [0, 0.1) is 18.3 Å². The summed E-state index contributed by atoms with van der Waals surface area (Å²) in [5.41, 5.74) is 0.658. The first kappa shape index (κ1) is 16.1. The van der Waals surface area contributed by atoms with E-state index in [0.29, 0.717) is 28.0 Å². The fourth-order valence-electron chi connectivity index (χ4n) is 2.76. The number of nitriles is 1. The van der Waals surface area contributed by atoms with Crippen LogP contribution in [-0.4, -0.2) is 17.3 Å². The van der Waals surface area contributed by atoms with E-state index in [2.05, 4.69) is 5.32 Å². The zero-order chi connectivity index (χ0) is 18.3. The number of carbonyl (C=O) groups excluding carboxylic acids is 1. The minimum Gasteiger partial charge on any atom is -0.454 e. The van der Waals surface area contributed by atoms with Crippen molar-refractivity contribution in [3.8, 4) is 23.5 Å². The second-order valence-corrected chi connectivity index (χ2v) is 5.96. The molecule has 0 saturated carbocycles. The van der Waals surface area contributed by atoms with Crippen LogP contribution in [-0.2, 0) is 0 Å². The second kappa shape index (κ2) is 6.17. The lowest BCUT2D eigenvalue weighted by atomic mass is 10.1. The number of aryl methyl sites for hydroxylation is 1. The molecule has 3 heterocycles. The van der Waals surface area contributed by atoms with Gasteiger partial charge < -0.3 is 19.2 Å². The quantitative estimate of drug-likeness (QED) is 0.756. The van der Waals surface area contributed by atoms with Gasteiger partial charge in [0.05, 0.1) is 10.7 Å². The number of hydrogen-bond donors (Lipinski definition) is 1. The third-order valence-electron chi connectivity index (χ3n) is 3.95. The van der Waals surface area contributed by atoms with Crippen LogP contribution in [0.5, 0.6) is 11.5 Å². The van der Waals surface area contributed by atoms with Crippen LogP contribution in [0.15, 0.2) is 41.1 Å². The first-order valence-corrected chi connectivity index (χ1v) is 8.03. The molecule has 130 valence electrons. The number of benzene rings is 1. The van der Waals surface area contributed by atoms with Crippen LogP contribution in [0.3, 0.4) is 0 Å². The van der Waals surface area contributed by atoms with Crippen molar-refractivity contribution in [3.63, 3.8) is 0 Å². The minimum atomic E-state index is -0.498. The summed E-state index contributed by atoms with van der Waals surface area (Å²) in [6.45, 7) is 1.73. The number of carbonyl (C=O) groups is 1. The largest absolute Gasteiger partial charge is 0.454 e. The van der Waals surface area contributed by atoms with Gasteiger partial charge >= 0.3 is 0 Å². The summed E-state index contributed by atoms with van der Waals surface area (Å²) in [4.78, 5) is 12.8. The lowest BCUT2D eigenvalue weighted by molar-refractivity contribution is 0.102. The Morgan fingerprint density at radius 3 is 2.65 bits per heavy atom. The first-order chi connectivity index (χ1) is 12.6. The molecule has 1 amide bonds. The Labute approximate surface area is 153 Å². The molecule has 7 nitrogen and oxygen atoms in total. The summed E-state index contributed by atoms with van der Waals surface area (Å²) in [6.07, 6.45) is 3.46. The highest BCUT2D eigenvalue weighted by atomic mass is 35.5. The fraction of sp³-hybridized carbons (Fsp3) is 0.111.